The average molecular weight is 426 g/mol. The third-order valence-corrected chi connectivity index (χ3v) is 6.74. The van der Waals surface area contributed by atoms with Crippen LogP contribution in [0.4, 0.5) is 0 Å². The van der Waals surface area contributed by atoms with Gasteiger partial charge in [-0.2, -0.15) is 5.10 Å². The van der Waals surface area contributed by atoms with Gasteiger partial charge in [-0.15, -0.1) is 11.3 Å². The Morgan fingerprint density at radius 2 is 2.07 bits per heavy atom. The molecule has 0 saturated carbocycles. The van der Waals surface area contributed by atoms with Crippen LogP contribution in [-0.4, -0.2) is 43.6 Å². The van der Waals surface area contributed by atoms with Crippen LogP contribution < -0.4 is 0 Å². The third-order valence-electron chi connectivity index (χ3n) is 5.80. The number of thiazole rings is 1. The van der Waals surface area contributed by atoms with E-state index in [2.05, 4.69) is 39.6 Å². The summed E-state index contributed by atoms with van der Waals surface area (Å²) in [4.78, 5) is 25.2. The van der Waals surface area contributed by atoms with Gasteiger partial charge in [0, 0.05) is 36.3 Å². The van der Waals surface area contributed by atoms with E-state index in [9.17, 15) is 4.79 Å². The largest absolute Gasteiger partial charge is 0.338 e. The molecule has 6 nitrogen and oxygen atoms in total. The van der Waals surface area contributed by atoms with Crippen molar-refractivity contribution in [1.82, 2.24) is 24.6 Å². The summed E-state index contributed by atoms with van der Waals surface area (Å²) in [6.07, 6.45) is 3.94. The van der Waals surface area contributed by atoms with Crippen LogP contribution in [0.15, 0.2) is 17.6 Å². The monoisotopic (exact) mass is 425 g/mol. The molecule has 1 amide bonds. The van der Waals surface area contributed by atoms with Gasteiger partial charge in [0.15, 0.2) is 5.65 Å². The molecule has 0 bridgehead atoms. The fourth-order valence-electron chi connectivity index (χ4n) is 4.21. The van der Waals surface area contributed by atoms with Crippen LogP contribution in [0.5, 0.6) is 0 Å². The first-order chi connectivity index (χ1) is 14.2. The van der Waals surface area contributed by atoms with Gasteiger partial charge in [0.2, 0.25) is 0 Å². The van der Waals surface area contributed by atoms with Crippen molar-refractivity contribution in [2.75, 3.05) is 13.1 Å². The summed E-state index contributed by atoms with van der Waals surface area (Å²) in [6, 6.07) is 1.99. The molecule has 1 aliphatic rings. The number of amides is 1. The van der Waals surface area contributed by atoms with Crippen LogP contribution >= 0.6 is 11.3 Å². The first-order valence-corrected chi connectivity index (χ1v) is 11.6. The highest BCUT2D eigenvalue weighted by atomic mass is 32.1. The maximum Gasteiger partial charge on any atom is 0.254 e. The molecule has 160 valence electrons. The Balaban J connectivity index is 1.79. The van der Waals surface area contributed by atoms with Gasteiger partial charge in [-0.3, -0.25) is 4.79 Å². The minimum atomic E-state index is -0.212. The number of piperidine rings is 1. The van der Waals surface area contributed by atoms with Gasteiger partial charge < -0.3 is 4.90 Å². The Hall–Kier alpha value is -2.28. The van der Waals surface area contributed by atoms with Gasteiger partial charge in [0.05, 0.1) is 27.2 Å². The molecule has 1 fully saturated rings. The van der Waals surface area contributed by atoms with Gasteiger partial charge in [-0.1, -0.05) is 13.8 Å². The lowest BCUT2D eigenvalue weighted by Gasteiger charge is -2.32. The molecule has 4 rings (SSSR count). The predicted molar refractivity (Wildman–Crippen MR) is 121 cm³/mol. The highest BCUT2D eigenvalue weighted by Crippen LogP contribution is 2.32. The Morgan fingerprint density at radius 1 is 1.30 bits per heavy atom. The first-order valence-electron chi connectivity index (χ1n) is 10.8. The standard InChI is InChI=1S/C23H31N5OS/c1-14(2)18-12-17(19-15(3)26-28(20(19)25-18)23(4,5)6)22(29)27-10-7-8-16(13-27)21-24-9-11-30-21/h9,11-12,14,16H,7-8,10,13H2,1-6H3. The van der Waals surface area contributed by atoms with Gasteiger partial charge in [0.1, 0.15) is 0 Å². The molecule has 1 aliphatic heterocycles. The number of carbonyl (C=O) groups excluding carboxylic acids is 1. The van der Waals surface area contributed by atoms with Crippen molar-refractivity contribution in [3.8, 4) is 0 Å². The lowest BCUT2D eigenvalue weighted by molar-refractivity contribution is 0.0708. The van der Waals surface area contributed by atoms with Crippen molar-refractivity contribution in [2.45, 2.75) is 71.8 Å². The van der Waals surface area contributed by atoms with E-state index < -0.39 is 0 Å². The Kier molecular flexibility index (Phi) is 5.43. The Labute approximate surface area is 182 Å². The highest BCUT2D eigenvalue weighted by Gasteiger charge is 2.30. The summed E-state index contributed by atoms with van der Waals surface area (Å²) in [7, 11) is 0. The summed E-state index contributed by atoms with van der Waals surface area (Å²) in [6.45, 7) is 14.1. The lowest BCUT2D eigenvalue weighted by Crippen LogP contribution is -2.39. The maximum absolute atomic E-state index is 13.8. The second-order valence-corrected chi connectivity index (χ2v) is 10.5. The van der Waals surface area contributed by atoms with Crippen molar-refractivity contribution >= 4 is 28.3 Å². The van der Waals surface area contributed by atoms with E-state index in [1.54, 1.807) is 11.3 Å². The highest BCUT2D eigenvalue weighted by molar-refractivity contribution is 7.09. The predicted octanol–water partition coefficient (Wildman–Crippen LogP) is 5.09. The zero-order chi connectivity index (χ0) is 21.6. The fraction of sp³-hybridized carbons (Fsp3) is 0.565. The Bertz CT molecular complexity index is 1060. The number of hydrogen-bond acceptors (Lipinski definition) is 5. The van der Waals surface area contributed by atoms with Crippen molar-refractivity contribution < 1.29 is 4.79 Å². The zero-order valence-electron chi connectivity index (χ0n) is 18.8. The van der Waals surface area contributed by atoms with Crippen molar-refractivity contribution in [3.05, 3.63) is 39.6 Å². The average Bonchev–Trinajstić information content (AvgIpc) is 3.35. The van der Waals surface area contributed by atoms with E-state index >= 15 is 0 Å². The van der Waals surface area contributed by atoms with Crippen molar-refractivity contribution in [3.63, 3.8) is 0 Å². The Morgan fingerprint density at radius 3 is 2.70 bits per heavy atom. The summed E-state index contributed by atoms with van der Waals surface area (Å²) < 4.78 is 1.97. The molecule has 1 unspecified atom stereocenters. The summed E-state index contributed by atoms with van der Waals surface area (Å²) >= 11 is 1.68. The topological polar surface area (TPSA) is 63.9 Å². The van der Waals surface area contributed by atoms with Crippen LogP contribution in [0.1, 0.15) is 86.0 Å². The van der Waals surface area contributed by atoms with Gasteiger partial charge >= 0.3 is 0 Å². The molecular weight excluding hydrogens is 394 g/mol. The van der Waals surface area contributed by atoms with E-state index in [4.69, 9.17) is 10.1 Å². The smallest absolute Gasteiger partial charge is 0.254 e. The number of rotatable bonds is 3. The molecule has 0 spiro atoms. The lowest BCUT2D eigenvalue weighted by atomic mass is 9.97. The number of aromatic nitrogens is 4. The number of nitrogens with zero attached hydrogens (tertiary/aromatic N) is 5. The van der Waals surface area contributed by atoms with E-state index in [1.807, 2.05) is 34.1 Å². The van der Waals surface area contributed by atoms with Crippen molar-refractivity contribution in [2.24, 2.45) is 0 Å². The number of likely N-dealkylation sites (tertiary alicyclic amines) is 1. The van der Waals surface area contributed by atoms with Crippen LogP contribution in [-0.2, 0) is 5.54 Å². The zero-order valence-corrected chi connectivity index (χ0v) is 19.6. The van der Waals surface area contributed by atoms with Gasteiger partial charge in [0.25, 0.3) is 5.91 Å². The van der Waals surface area contributed by atoms with Gasteiger partial charge in [-0.05, 0) is 52.5 Å². The second-order valence-electron chi connectivity index (χ2n) is 9.58. The molecule has 7 heteroatoms. The molecule has 1 atom stereocenters. The number of fused-ring (bicyclic) bond motifs is 1. The summed E-state index contributed by atoms with van der Waals surface area (Å²) in [5.41, 5.74) is 3.13. The van der Waals surface area contributed by atoms with Crippen LogP contribution in [0.2, 0.25) is 0 Å². The third kappa shape index (κ3) is 3.75. The molecule has 0 aliphatic carbocycles. The molecule has 0 N–H and O–H groups in total. The van der Waals surface area contributed by atoms with E-state index in [0.29, 0.717) is 5.92 Å². The molecule has 0 aromatic carbocycles. The summed E-state index contributed by atoms with van der Waals surface area (Å²) in [5.74, 6) is 0.638. The normalized spacial score (nSPS) is 17.8. The quantitative estimate of drug-likeness (QED) is 0.586. The number of hydrogen-bond donors (Lipinski definition) is 0. The maximum atomic E-state index is 13.8. The molecular formula is C23H31N5OS. The van der Waals surface area contributed by atoms with Crippen molar-refractivity contribution in [1.29, 1.82) is 0 Å². The fourth-order valence-corrected chi connectivity index (χ4v) is 4.98. The van der Waals surface area contributed by atoms with E-state index in [-0.39, 0.29) is 17.4 Å². The van der Waals surface area contributed by atoms with Crippen LogP contribution in [0.25, 0.3) is 11.0 Å². The van der Waals surface area contributed by atoms with Crippen LogP contribution in [0, 0.1) is 6.92 Å². The van der Waals surface area contributed by atoms with Gasteiger partial charge in [-0.25, -0.2) is 14.6 Å². The second kappa shape index (κ2) is 7.76. The first kappa shape index (κ1) is 21.0. The molecule has 30 heavy (non-hydrogen) atoms. The molecule has 3 aromatic heterocycles. The molecule has 4 heterocycles. The number of aryl methyl sites for hydroxylation is 1. The molecule has 3 aromatic rings. The SMILES string of the molecule is Cc1nn(C(C)(C)C)c2nc(C(C)C)cc(C(=O)N3CCCC(c4nccs4)C3)c12. The number of carbonyl (C=O) groups is 1. The van der Waals surface area contributed by atoms with E-state index in [0.717, 1.165) is 58.9 Å². The summed E-state index contributed by atoms with van der Waals surface area (Å²) in [5, 5.41) is 8.81. The molecule has 0 radical (unpaired) electrons. The minimum absolute atomic E-state index is 0.0853. The van der Waals surface area contributed by atoms with E-state index in [1.165, 1.54) is 0 Å². The van der Waals surface area contributed by atoms with Crippen LogP contribution in [0.3, 0.4) is 0 Å². The molecule has 1 saturated heterocycles. The number of pyridine rings is 1. The minimum Gasteiger partial charge on any atom is -0.338 e.